The van der Waals surface area contributed by atoms with E-state index in [-0.39, 0.29) is 23.7 Å². The number of aryl methyl sites for hydroxylation is 1. The van der Waals surface area contributed by atoms with Crippen LogP contribution in [0.25, 0.3) is 6.08 Å². The van der Waals surface area contributed by atoms with Gasteiger partial charge in [0.05, 0.1) is 6.54 Å². The molecule has 2 aliphatic heterocycles. The van der Waals surface area contributed by atoms with E-state index in [9.17, 15) is 9.59 Å². The Kier molecular flexibility index (Phi) is 6.23. The highest BCUT2D eigenvalue weighted by molar-refractivity contribution is 6.35. The molecule has 7 heteroatoms. The molecule has 0 spiro atoms. The van der Waals surface area contributed by atoms with Crippen LogP contribution in [-0.4, -0.2) is 28.9 Å². The van der Waals surface area contributed by atoms with E-state index in [2.05, 4.69) is 50.0 Å². The Bertz CT molecular complexity index is 1170. The van der Waals surface area contributed by atoms with Crippen LogP contribution >= 0.6 is 23.2 Å². The van der Waals surface area contributed by atoms with Gasteiger partial charge in [-0.2, -0.15) is 0 Å². The zero-order valence-corrected chi connectivity index (χ0v) is 21.1. The number of rotatable bonds is 4. The van der Waals surface area contributed by atoms with Gasteiger partial charge in [0, 0.05) is 27.8 Å². The molecular weight excluding hydrogens is 457 g/mol. The van der Waals surface area contributed by atoms with Crippen molar-refractivity contribution in [1.29, 1.82) is 0 Å². The van der Waals surface area contributed by atoms with Gasteiger partial charge in [-0.05, 0) is 92.6 Å². The first-order valence-corrected chi connectivity index (χ1v) is 12.0. The fourth-order valence-electron chi connectivity index (χ4n) is 5.10. The highest BCUT2D eigenvalue weighted by Gasteiger charge is 2.37. The molecule has 4 rings (SSSR count). The topological polar surface area (TPSA) is 52.7 Å². The van der Waals surface area contributed by atoms with E-state index in [1.807, 2.05) is 6.92 Å². The van der Waals surface area contributed by atoms with Gasteiger partial charge < -0.3 is 10.2 Å². The van der Waals surface area contributed by atoms with E-state index in [1.54, 1.807) is 24.3 Å². The zero-order chi connectivity index (χ0) is 24.1. The van der Waals surface area contributed by atoms with Gasteiger partial charge in [0.15, 0.2) is 0 Å². The Morgan fingerprint density at radius 2 is 1.91 bits per heavy atom. The maximum absolute atomic E-state index is 13.0. The number of carbonyl (C=O) groups excluding carboxylic acids is 2. The molecule has 0 radical (unpaired) electrons. The molecule has 0 bridgehead atoms. The van der Waals surface area contributed by atoms with Gasteiger partial charge in [-0.15, -0.1) is 0 Å². The Balaban J connectivity index is 1.65. The van der Waals surface area contributed by atoms with Gasteiger partial charge in [-0.1, -0.05) is 36.2 Å². The van der Waals surface area contributed by atoms with Crippen LogP contribution < -0.4 is 10.2 Å². The number of amides is 3. The molecule has 0 saturated carbocycles. The summed E-state index contributed by atoms with van der Waals surface area (Å²) in [6.45, 7) is 12.1. The number of hydrogen-bond acceptors (Lipinski definition) is 3. The molecule has 1 saturated heterocycles. The smallest absolute Gasteiger partial charge is 0.329 e. The SMILES string of the molecule is CCN1c2cc(C)c(/C=C3/NC(=O)N(Cc4ccc(Cl)cc4Cl)C3=O)cc2C(C)CC1(C)C. The normalized spacial score (nSPS) is 20.9. The Morgan fingerprint density at radius 3 is 2.58 bits per heavy atom. The predicted octanol–water partition coefficient (Wildman–Crippen LogP) is 6.51. The van der Waals surface area contributed by atoms with Gasteiger partial charge in [0.2, 0.25) is 0 Å². The molecule has 33 heavy (non-hydrogen) atoms. The lowest BCUT2D eigenvalue weighted by Crippen LogP contribution is -2.48. The van der Waals surface area contributed by atoms with Crippen molar-refractivity contribution < 1.29 is 9.59 Å². The molecule has 2 aliphatic rings. The molecule has 2 aromatic rings. The number of carbonyl (C=O) groups is 2. The van der Waals surface area contributed by atoms with Crippen molar-refractivity contribution in [2.24, 2.45) is 0 Å². The van der Waals surface area contributed by atoms with E-state index < -0.39 is 6.03 Å². The minimum absolute atomic E-state index is 0.0821. The molecule has 1 N–H and O–H groups in total. The van der Waals surface area contributed by atoms with Gasteiger partial charge in [0.25, 0.3) is 5.91 Å². The fraction of sp³-hybridized carbons (Fsp3) is 0.385. The van der Waals surface area contributed by atoms with Crippen LogP contribution in [0, 0.1) is 6.92 Å². The van der Waals surface area contributed by atoms with Crippen LogP contribution in [0.1, 0.15) is 62.3 Å². The van der Waals surface area contributed by atoms with Crippen molar-refractivity contribution in [3.8, 4) is 0 Å². The number of imide groups is 1. The molecule has 174 valence electrons. The minimum atomic E-state index is -0.458. The van der Waals surface area contributed by atoms with E-state index in [0.29, 0.717) is 21.5 Å². The van der Waals surface area contributed by atoms with Crippen molar-refractivity contribution in [2.45, 2.75) is 59.0 Å². The molecule has 3 amide bonds. The van der Waals surface area contributed by atoms with E-state index >= 15 is 0 Å². The van der Waals surface area contributed by atoms with Crippen LogP contribution in [0.4, 0.5) is 10.5 Å². The summed E-state index contributed by atoms with van der Waals surface area (Å²) in [6.07, 6.45) is 2.83. The third-order valence-electron chi connectivity index (χ3n) is 6.70. The van der Waals surface area contributed by atoms with Crippen LogP contribution in [0.5, 0.6) is 0 Å². The standard InChI is InChI=1S/C26H29Cl2N3O2/c1-6-31-23-9-15(2)18(10-20(23)16(3)13-26(31,4)5)11-22-24(32)30(25(33)29-22)14-17-7-8-19(27)12-21(17)28/h7-12,16H,6,13-14H2,1-5H3,(H,29,33)/b22-11+. The third kappa shape index (κ3) is 4.36. The summed E-state index contributed by atoms with van der Waals surface area (Å²) in [5, 5.41) is 3.65. The summed E-state index contributed by atoms with van der Waals surface area (Å²) in [5.74, 6) is 0.0282. The van der Waals surface area contributed by atoms with Crippen molar-refractivity contribution in [3.05, 3.63) is 68.3 Å². The summed E-state index contributed by atoms with van der Waals surface area (Å²) in [4.78, 5) is 29.2. The highest BCUT2D eigenvalue weighted by atomic mass is 35.5. The first kappa shape index (κ1) is 23.7. The maximum Gasteiger partial charge on any atom is 0.329 e. The van der Waals surface area contributed by atoms with Crippen LogP contribution in [0.3, 0.4) is 0 Å². The van der Waals surface area contributed by atoms with Gasteiger partial charge in [-0.25, -0.2) is 4.79 Å². The number of fused-ring (bicyclic) bond motifs is 1. The van der Waals surface area contributed by atoms with Crippen molar-refractivity contribution in [3.63, 3.8) is 0 Å². The average Bonchev–Trinajstić information content (AvgIpc) is 2.98. The average molecular weight is 486 g/mol. The lowest BCUT2D eigenvalue weighted by Gasteiger charge is -2.47. The number of hydrogen-bond donors (Lipinski definition) is 1. The van der Waals surface area contributed by atoms with E-state index in [4.69, 9.17) is 23.2 Å². The maximum atomic E-state index is 13.0. The second-order valence-corrected chi connectivity index (χ2v) is 10.4. The Hall–Kier alpha value is -2.50. The molecular formula is C26H29Cl2N3O2. The van der Waals surface area contributed by atoms with E-state index in [0.717, 1.165) is 24.1 Å². The number of nitrogens with zero attached hydrogens (tertiary/aromatic N) is 2. The number of nitrogens with one attached hydrogen (secondary N) is 1. The van der Waals surface area contributed by atoms with Crippen molar-refractivity contribution in [1.82, 2.24) is 10.2 Å². The predicted molar refractivity (Wildman–Crippen MR) is 135 cm³/mol. The molecule has 1 atom stereocenters. The lowest BCUT2D eigenvalue weighted by molar-refractivity contribution is -0.123. The van der Waals surface area contributed by atoms with Crippen LogP contribution in [0.15, 0.2) is 36.0 Å². The summed E-state index contributed by atoms with van der Waals surface area (Å²) in [6, 6.07) is 8.93. The number of halogens is 2. The fourth-order valence-corrected chi connectivity index (χ4v) is 5.56. The molecule has 1 unspecified atom stereocenters. The monoisotopic (exact) mass is 485 g/mol. The van der Waals surface area contributed by atoms with Gasteiger partial charge >= 0.3 is 6.03 Å². The number of benzene rings is 2. The Labute approximate surface area is 205 Å². The van der Waals surface area contributed by atoms with Crippen molar-refractivity contribution in [2.75, 3.05) is 11.4 Å². The summed E-state index contributed by atoms with van der Waals surface area (Å²) >= 11 is 12.2. The van der Waals surface area contributed by atoms with Gasteiger partial charge in [0.1, 0.15) is 5.70 Å². The van der Waals surface area contributed by atoms with Crippen molar-refractivity contribution >= 4 is 46.9 Å². The quantitative estimate of drug-likeness (QED) is 0.396. The molecule has 2 heterocycles. The lowest BCUT2D eigenvalue weighted by atomic mass is 9.79. The summed E-state index contributed by atoms with van der Waals surface area (Å²) in [7, 11) is 0. The van der Waals surface area contributed by atoms with Crippen LogP contribution in [-0.2, 0) is 11.3 Å². The number of anilines is 1. The third-order valence-corrected chi connectivity index (χ3v) is 7.28. The second kappa shape index (κ2) is 8.69. The molecule has 2 aromatic carbocycles. The van der Waals surface area contributed by atoms with Crippen LogP contribution in [0.2, 0.25) is 10.0 Å². The van der Waals surface area contributed by atoms with E-state index in [1.165, 1.54) is 16.2 Å². The zero-order valence-electron chi connectivity index (χ0n) is 19.6. The molecule has 1 fully saturated rings. The Morgan fingerprint density at radius 1 is 1.18 bits per heavy atom. The summed E-state index contributed by atoms with van der Waals surface area (Å²) in [5.41, 5.74) is 5.54. The second-order valence-electron chi connectivity index (χ2n) is 9.54. The highest BCUT2D eigenvalue weighted by Crippen LogP contribution is 2.44. The largest absolute Gasteiger partial charge is 0.366 e. The first-order chi connectivity index (χ1) is 15.5. The minimum Gasteiger partial charge on any atom is -0.366 e. The molecule has 0 aliphatic carbocycles. The summed E-state index contributed by atoms with van der Waals surface area (Å²) < 4.78 is 0. The first-order valence-electron chi connectivity index (χ1n) is 11.2. The molecule has 5 nitrogen and oxygen atoms in total. The van der Waals surface area contributed by atoms with Gasteiger partial charge in [-0.3, -0.25) is 9.69 Å². The number of urea groups is 1. The molecule has 0 aromatic heterocycles.